The van der Waals surface area contributed by atoms with Crippen LogP contribution in [0.3, 0.4) is 0 Å². The molecule has 0 heterocycles. The van der Waals surface area contributed by atoms with Gasteiger partial charge in [-0.25, -0.2) is 0 Å². The fourth-order valence-electron chi connectivity index (χ4n) is 2.26. The predicted octanol–water partition coefficient (Wildman–Crippen LogP) is 3.13. The second-order valence-electron chi connectivity index (χ2n) is 5.60. The zero-order valence-electron chi connectivity index (χ0n) is 14.0. The Balaban J connectivity index is 1.74. The molecule has 0 N–H and O–H groups in total. The van der Waals surface area contributed by atoms with Crippen molar-refractivity contribution in [3.8, 4) is 0 Å². The molecular weight excluding hydrogens is 300 g/mol. The summed E-state index contributed by atoms with van der Waals surface area (Å²) in [7, 11) is 0. The van der Waals surface area contributed by atoms with Crippen LogP contribution in [0.25, 0.3) is 0 Å². The van der Waals surface area contributed by atoms with E-state index in [4.69, 9.17) is 0 Å². The number of ketones is 2. The summed E-state index contributed by atoms with van der Waals surface area (Å²) in [5.41, 5.74) is 8.55. The molecule has 0 aromatic heterocycles. The van der Waals surface area contributed by atoms with Crippen LogP contribution in [0.2, 0.25) is 0 Å². The third kappa shape index (κ3) is 5.44. The van der Waals surface area contributed by atoms with Crippen LogP contribution in [0.4, 0.5) is 0 Å². The molecule has 4 nitrogen and oxygen atoms in total. The standard InChI is InChI=1S/C20H20N2O2/c1-15(13-19(23)17-7-3-4-8-17)21-11-12-22-16(2)14-20(24)18-9-5-6-10-18/h3-7,9H,11-14H2,1-2H3. The minimum absolute atomic E-state index is 0.0254. The first kappa shape index (κ1) is 17.6. The van der Waals surface area contributed by atoms with Gasteiger partial charge >= 0.3 is 0 Å². The third-order valence-corrected chi connectivity index (χ3v) is 3.49. The van der Waals surface area contributed by atoms with Crippen LogP contribution in [-0.4, -0.2) is 36.1 Å². The maximum atomic E-state index is 11.9. The Kier molecular flexibility index (Phi) is 6.39. The Labute approximate surface area is 142 Å². The molecular formula is C20H20N2O2. The molecule has 0 bridgehead atoms. The Hall–Kier alpha value is -2.80. The molecule has 0 atom stereocenters. The molecule has 0 unspecified atom stereocenters. The summed E-state index contributed by atoms with van der Waals surface area (Å²) in [4.78, 5) is 32.5. The van der Waals surface area contributed by atoms with Gasteiger partial charge in [-0.15, -0.1) is 11.5 Å². The summed E-state index contributed by atoms with van der Waals surface area (Å²) in [6.45, 7) is 4.70. The van der Waals surface area contributed by atoms with E-state index in [-0.39, 0.29) is 11.6 Å². The van der Waals surface area contributed by atoms with E-state index in [9.17, 15) is 9.59 Å². The fraction of sp³-hybridized carbons (Fsp3) is 0.300. The second-order valence-corrected chi connectivity index (χ2v) is 5.60. The SMILES string of the molecule is CC(CC(=O)C1=C=CC=C1)=NCCN=C(C)CC(=O)C1=C=CC=C1. The zero-order valence-corrected chi connectivity index (χ0v) is 14.0. The van der Waals surface area contributed by atoms with Crippen molar-refractivity contribution in [1.29, 1.82) is 0 Å². The maximum Gasteiger partial charge on any atom is 0.176 e. The van der Waals surface area contributed by atoms with E-state index >= 15 is 0 Å². The van der Waals surface area contributed by atoms with Crippen LogP contribution in [0.5, 0.6) is 0 Å². The van der Waals surface area contributed by atoms with E-state index < -0.39 is 0 Å². The normalized spacial score (nSPS) is 15.9. The molecule has 0 saturated heterocycles. The fourth-order valence-corrected chi connectivity index (χ4v) is 2.26. The predicted molar refractivity (Wildman–Crippen MR) is 96.7 cm³/mol. The van der Waals surface area contributed by atoms with Crippen molar-refractivity contribution in [2.75, 3.05) is 13.1 Å². The number of Topliss-reactive ketones (excluding diaryl/α,β-unsaturated/α-hetero) is 2. The number of hydrogen-bond acceptors (Lipinski definition) is 4. The first-order chi connectivity index (χ1) is 11.6. The number of nitrogens with zero attached hydrogens (tertiary/aromatic N) is 2. The van der Waals surface area contributed by atoms with Crippen LogP contribution in [0.1, 0.15) is 26.7 Å². The number of aliphatic imine (C=N–C) groups is 2. The molecule has 2 aliphatic rings. The summed E-state index contributed by atoms with van der Waals surface area (Å²) >= 11 is 0. The molecule has 0 aromatic rings. The Bertz CT molecular complexity index is 723. The first-order valence-corrected chi connectivity index (χ1v) is 7.89. The molecule has 0 aromatic carbocycles. The van der Waals surface area contributed by atoms with Gasteiger partial charge in [0.25, 0.3) is 0 Å². The third-order valence-electron chi connectivity index (χ3n) is 3.49. The van der Waals surface area contributed by atoms with Crippen molar-refractivity contribution >= 4 is 23.0 Å². The molecule has 0 saturated carbocycles. The molecule has 0 radical (unpaired) electrons. The van der Waals surface area contributed by atoms with Gasteiger partial charge in [0.05, 0.1) is 24.2 Å². The monoisotopic (exact) mass is 320 g/mol. The number of carbonyl (C=O) groups excluding carboxylic acids is 2. The highest BCUT2D eigenvalue weighted by molar-refractivity contribution is 6.10. The summed E-state index contributed by atoms with van der Waals surface area (Å²) in [5, 5.41) is 0. The zero-order chi connectivity index (χ0) is 17.4. The van der Waals surface area contributed by atoms with Gasteiger partial charge in [-0.2, -0.15) is 0 Å². The summed E-state index contributed by atoms with van der Waals surface area (Å²) in [5.74, 6) is 0.0509. The Morgan fingerprint density at radius 1 is 0.833 bits per heavy atom. The van der Waals surface area contributed by atoms with E-state index in [1.54, 1.807) is 36.5 Å². The topological polar surface area (TPSA) is 58.9 Å². The average molecular weight is 320 g/mol. The Morgan fingerprint density at radius 3 is 1.58 bits per heavy atom. The smallest absolute Gasteiger partial charge is 0.176 e. The quantitative estimate of drug-likeness (QED) is 0.372. The molecule has 122 valence electrons. The van der Waals surface area contributed by atoms with E-state index in [2.05, 4.69) is 21.4 Å². The van der Waals surface area contributed by atoms with Gasteiger partial charge in [0.1, 0.15) is 0 Å². The highest BCUT2D eigenvalue weighted by Crippen LogP contribution is 2.07. The lowest BCUT2D eigenvalue weighted by Gasteiger charge is -2.01. The van der Waals surface area contributed by atoms with E-state index in [1.807, 2.05) is 13.8 Å². The van der Waals surface area contributed by atoms with E-state index in [1.165, 1.54) is 0 Å². The van der Waals surface area contributed by atoms with Crippen LogP contribution in [0, 0.1) is 0 Å². The van der Waals surface area contributed by atoms with Gasteiger partial charge in [-0.1, -0.05) is 12.2 Å². The first-order valence-electron chi connectivity index (χ1n) is 7.89. The summed E-state index contributed by atoms with van der Waals surface area (Å²) in [6, 6.07) is 0. The molecule has 0 aliphatic heterocycles. The van der Waals surface area contributed by atoms with Crippen molar-refractivity contribution in [1.82, 2.24) is 0 Å². The van der Waals surface area contributed by atoms with Crippen LogP contribution in [-0.2, 0) is 9.59 Å². The van der Waals surface area contributed by atoms with E-state index in [0.717, 1.165) is 11.4 Å². The summed E-state index contributed by atoms with van der Waals surface area (Å²) in [6.07, 6.45) is 11.2. The van der Waals surface area contributed by atoms with Gasteiger partial charge in [0, 0.05) is 24.3 Å². The lowest BCUT2D eigenvalue weighted by molar-refractivity contribution is -0.115. The van der Waals surface area contributed by atoms with Crippen molar-refractivity contribution in [3.05, 3.63) is 59.1 Å². The number of hydrogen-bond donors (Lipinski definition) is 0. The lowest BCUT2D eigenvalue weighted by Crippen LogP contribution is -2.08. The van der Waals surface area contributed by atoms with Crippen molar-refractivity contribution in [2.45, 2.75) is 26.7 Å². The molecule has 0 fully saturated rings. The Morgan fingerprint density at radius 2 is 1.25 bits per heavy atom. The molecule has 4 heteroatoms. The van der Waals surface area contributed by atoms with Crippen molar-refractivity contribution in [3.63, 3.8) is 0 Å². The van der Waals surface area contributed by atoms with Gasteiger partial charge in [-0.05, 0) is 38.2 Å². The summed E-state index contributed by atoms with van der Waals surface area (Å²) < 4.78 is 0. The van der Waals surface area contributed by atoms with Gasteiger partial charge in [-0.3, -0.25) is 19.6 Å². The van der Waals surface area contributed by atoms with Crippen LogP contribution >= 0.6 is 0 Å². The second kappa shape index (κ2) is 8.73. The molecule has 2 aliphatic carbocycles. The van der Waals surface area contributed by atoms with Gasteiger partial charge < -0.3 is 0 Å². The average Bonchev–Trinajstić information content (AvgIpc) is 3.24. The highest BCUT2D eigenvalue weighted by Gasteiger charge is 2.10. The lowest BCUT2D eigenvalue weighted by atomic mass is 10.1. The molecule has 2 rings (SSSR count). The van der Waals surface area contributed by atoms with Crippen LogP contribution < -0.4 is 0 Å². The largest absolute Gasteiger partial charge is 0.293 e. The van der Waals surface area contributed by atoms with Gasteiger partial charge in [0.15, 0.2) is 11.6 Å². The number of allylic oxidation sites excluding steroid dienone is 6. The number of carbonyl (C=O) groups is 2. The van der Waals surface area contributed by atoms with Crippen LogP contribution in [0.15, 0.2) is 69.0 Å². The van der Waals surface area contributed by atoms with Crippen molar-refractivity contribution in [2.24, 2.45) is 9.98 Å². The number of rotatable bonds is 9. The molecule has 24 heavy (non-hydrogen) atoms. The van der Waals surface area contributed by atoms with E-state index in [0.29, 0.717) is 37.1 Å². The molecule has 0 amide bonds. The maximum absolute atomic E-state index is 11.9. The minimum atomic E-state index is 0.0254. The van der Waals surface area contributed by atoms with Crippen molar-refractivity contribution < 1.29 is 9.59 Å². The molecule has 0 spiro atoms. The van der Waals surface area contributed by atoms with Gasteiger partial charge in [0.2, 0.25) is 0 Å². The minimum Gasteiger partial charge on any atom is -0.293 e. The highest BCUT2D eigenvalue weighted by atomic mass is 16.1.